The van der Waals surface area contributed by atoms with Crippen LogP contribution >= 0.6 is 0 Å². The molecule has 0 bridgehead atoms. The van der Waals surface area contributed by atoms with Gasteiger partial charge in [-0.25, -0.2) is 0 Å². The highest BCUT2D eigenvalue weighted by atomic mass is 16.3. The molecule has 0 radical (unpaired) electrons. The number of rotatable bonds is 47. The molecule has 58 heavy (non-hydrogen) atoms. The lowest BCUT2D eigenvalue weighted by Gasteiger charge is -2.27. The molecule has 3 amide bonds. The van der Waals surface area contributed by atoms with Gasteiger partial charge < -0.3 is 26.0 Å². The van der Waals surface area contributed by atoms with Crippen molar-refractivity contribution in [2.24, 2.45) is 0 Å². The van der Waals surface area contributed by atoms with Crippen LogP contribution in [0.25, 0.3) is 0 Å². The molecule has 0 aliphatic rings. The topological polar surface area (TPSA) is 114 Å². The van der Waals surface area contributed by atoms with Crippen molar-refractivity contribution in [1.29, 1.82) is 0 Å². The zero-order valence-electron chi connectivity index (χ0n) is 39.0. The summed E-state index contributed by atoms with van der Waals surface area (Å²) in [7, 11) is 0. The largest absolute Gasteiger partial charge is 0.395 e. The fourth-order valence-electron chi connectivity index (χ4n) is 7.66. The third-order valence-corrected chi connectivity index (χ3v) is 11.7. The van der Waals surface area contributed by atoms with Crippen molar-refractivity contribution in [3.8, 4) is 0 Å². The standard InChI is InChI=1S/C49H99N5O4/c1-4-7-10-13-16-19-22-25-28-31-37-50-47(56)34-40-53(41-35-48(57)51-38-32-29-26-23-20-17-14-11-8-5-2)43-44-54(45-46-55)42-36-49(58)52-39-33-30-27-24-21-18-15-12-9-6-3/h55H,4-46H2,1-3H3,(H,50,56)(H,51,57)(H,52,58). The van der Waals surface area contributed by atoms with Crippen LogP contribution in [0, 0.1) is 0 Å². The Morgan fingerprint density at radius 1 is 0.328 bits per heavy atom. The summed E-state index contributed by atoms with van der Waals surface area (Å²) in [4.78, 5) is 42.6. The maximum atomic E-state index is 12.8. The number of unbranched alkanes of at least 4 members (excludes halogenated alkanes) is 27. The van der Waals surface area contributed by atoms with Gasteiger partial charge in [0.1, 0.15) is 0 Å². The Kier molecular flexibility index (Phi) is 45.0. The summed E-state index contributed by atoms with van der Waals surface area (Å²) < 4.78 is 0. The van der Waals surface area contributed by atoms with Crippen molar-refractivity contribution in [3.05, 3.63) is 0 Å². The summed E-state index contributed by atoms with van der Waals surface area (Å²) >= 11 is 0. The molecule has 0 aromatic heterocycles. The van der Waals surface area contributed by atoms with Crippen LogP contribution in [0.5, 0.6) is 0 Å². The number of hydrogen-bond acceptors (Lipinski definition) is 6. The fraction of sp³-hybridized carbons (Fsp3) is 0.939. The van der Waals surface area contributed by atoms with E-state index in [1.54, 1.807) is 0 Å². The quantitative estimate of drug-likeness (QED) is 0.0455. The van der Waals surface area contributed by atoms with Crippen molar-refractivity contribution in [2.75, 3.05) is 65.5 Å². The van der Waals surface area contributed by atoms with E-state index in [2.05, 4.69) is 46.5 Å². The lowest BCUT2D eigenvalue weighted by Crippen LogP contribution is -2.41. The minimum absolute atomic E-state index is 0.0307. The maximum absolute atomic E-state index is 12.8. The van der Waals surface area contributed by atoms with Gasteiger partial charge in [0.15, 0.2) is 0 Å². The molecule has 9 nitrogen and oxygen atoms in total. The number of hydrogen-bond donors (Lipinski definition) is 4. The molecular formula is C49H99N5O4. The Morgan fingerprint density at radius 3 is 0.793 bits per heavy atom. The third kappa shape index (κ3) is 42.4. The highest BCUT2D eigenvalue weighted by Gasteiger charge is 2.14. The Hall–Kier alpha value is -1.71. The number of carbonyl (C=O) groups is 3. The van der Waals surface area contributed by atoms with Crippen LogP contribution in [0.4, 0.5) is 0 Å². The van der Waals surface area contributed by atoms with E-state index >= 15 is 0 Å². The van der Waals surface area contributed by atoms with Crippen molar-refractivity contribution in [3.63, 3.8) is 0 Å². The molecule has 0 aliphatic heterocycles. The maximum Gasteiger partial charge on any atom is 0.221 e. The Morgan fingerprint density at radius 2 is 0.552 bits per heavy atom. The molecule has 0 heterocycles. The molecule has 0 aromatic carbocycles. The highest BCUT2D eigenvalue weighted by molar-refractivity contribution is 5.77. The van der Waals surface area contributed by atoms with Gasteiger partial charge in [-0.2, -0.15) is 0 Å². The first-order valence-electron chi connectivity index (χ1n) is 25.3. The van der Waals surface area contributed by atoms with Crippen LogP contribution in [0.1, 0.15) is 233 Å². The van der Waals surface area contributed by atoms with Gasteiger partial charge >= 0.3 is 0 Å². The number of amides is 3. The number of carbonyl (C=O) groups excluding carboxylic acids is 3. The van der Waals surface area contributed by atoms with Gasteiger partial charge in [0.05, 0.1) is 6.61 Å². The zero-order valence-corrected chi connectivity index (χ0v) is 39.0. The molecule has 0 aromatic rings. The van der Waals surface area contributed by atoms with Crippen LogP contribution in [0.15, 0.2) is 0 Å². The monoisotopic (exact) mass is 822 g/mol. The molecule has 344 valence electrons. The van der Waals surface area contributed by atoms with E-state index in [9.17, 15) is 19.5 Å². The minimum atomic E-state index is 0.0307. The Labute approximate surface area is 360 Å². The van der Waals surface area contributed by atoms with Gasteiger partial charge in [-0.3, -0.25) is 19.3 Å². The molecule has 0 saturated heterocycles. The van der Waals surface area contributed by atoms with E-state index in [1.807, 2.05) is 0 Å². The second-order valence-electron chi connectivity index (χ2n) is 17.3. The van der Waals surface area contributed by atoms with E-state index in [-0.39, 0.29) is 24.3 Å². The molecule has 0 fully saturated rings. The Balaban J connectivity index is 4.61. The zero-order chi connectivity index (χ0) is 42.4. The van der Waals surface area contributed by atoms with Gasteiger partial charge in [0.25, 0.3) is 0 Å². The number of nitrogens with zero attached hydrogens (tertiary/aromatic N) is 2. The minimum Gasteiger partial charge on any atom is -0.395 e. The lowest BCUT2D eigenvalue weighted by atomic mass is 10.1. The van der Waals surface area contributed by atoms with Gasteiger partial charge in [0.2, 0.25) is 17.7 Å². The van der Waals surface area contributed by atoms with Crippen LogP contribution in [-0.2, 0) is 14.4 Å². The summed E-state index contributed by atoms with van der Waals surface area (Å²) in [6.45, 7) is 12.6. The van der Waals surface area contributed by atoms with Crippen LogP contribution in [0.2, 0.25) is 0 Å². The smallest absolute Gasteiger partial charge is 0.221 e. The highest BCUT2D eigenvalue weighted by Crippen LogP contribution is 2.13. The van der Waals surface area contributed by atoms with Gasteiger partial charge in [-0.15, -0.1) is 0 Å². The molecule has 0 unspecified atom stereocenters. The Bertz CT molecular complexity index is 849. The fourth-order valence-corrected chi connectivity index (χ4v) is 7.66. The normalized spacial score (nSPS) is 11.5. The van der Waals surface area contributed by atoms with Crippen LogP contribution in [0.3, 0.4) is 0 Å². The summed E-state index contributed by atoms with van der Waals surface area (Å²) in [6, 6.07) is 0. The molecule has 4 N–H and O–H groups in total. The van der Waals surface area contributed by atoms with Crippen LogP contribution in [-0.4, -0.2) is 98.1 Å². The summed E-state index contributed by atoms with van der Waals surface area (Å²) in [5.41, 5.74) is 0. The second-order valence-corrected chi connectivity index (χ2v) is 17.3. The molecule has 0 atom stereocenters. The average molecular weight is 822 g/mol. The molecule has 0 rings (SSSR count). The summed E-state index contributed by atoms with van der Waals surface area (Å²) in [5, 5.41) is 19.1. The summed E-state index contributed by atoms with van der Waals surface area (Å²) in [6.07, 6.45) is 39.5. The van der Waals surface area contributed by atoms with Gasteiger partial charge in [0, 0.05) is 78.2 Å². The second kappa shape index (κ2) is 46.4. The third-order valence-electron chi connectivity index (χ3n) is 11.7. The number of nitrogens with one attached hydrogen (secondary N) is 3. The molecule has 0 spiro atoms. The van der Waals surface area contributed by atoms with Gasteiger partial charge in [-0.05, 0) is 19.3 Å². The first-order chi connectivity index (χ1) is 28.5. The SMILES string of the molecule is CCCCCCCCCCCCNC(=O)CCN(CCO)CCN(CCC(=O)NCCCCCCCCCCCC)CCC(=O)NCCCCCCCCCCCC. The summed E-state index contributed by atoms with van der Waals surface area (Å²) in [5.74, 6) is 0.198. The first kappa shape index (κ1) is 56.3. The van der Waals surface area contributed by atoms with Crippen molar-refractivity contribution < 1.29 is 19.5 Å². The van der Waals surface area contributed by atoms with E-state index in [1.165, 1.54) is 154 Å². The van der Waals surface area contributed by atoms with Crippen molar-refractivity contribution >= 4 is 17.7 Å². The predicted molar refractivity (Wildman–Crippen MR) is 248 cm³/mol. The molecule has 0 saturated carbocycles. The number of aliphatic hydroxyl groups is 1. The predicted octanol–water partition coefficient (Wildman–Crippen LogP) is 10.9. The van der Waals surface area contributed by atoms with Crippen molar-refractivity contribution in [1.82, 2.24) is 25.8 Å². The van der Waals surface area contributed by atoms with E-state index in [4.69, 9.17) is 0 Å². The van der Waals surface area contributed by atoms with E-state index in [0.29, 0.717) is 58.5 Å². The van der Waals surface area contributed by atoms with Crippen LogP contribution < -0.4 is 16.0 Å². The average Bonchev–Trinajstić information content (AvgIpc) is 3.22. The van der Waals surface area contributed by atoms with Gasteiger partial charge in [-0.1, -0.05) is 194 Å². The molecular weight excluding hydrogens is 723 g/mol. The molecule has 0 aliphatic carbocycles. The number of aliphatic hydroxyl groups excluding tert-OH is 1. The first-order valence-corrected chi connectivity index (χ1v) is 25.3. The molecule has 9 heteroatoms. The van der Waals surface area contributed by atoms with Crippen molar-refractivity contribution in [2.45, 2.75) is 233 Å². The van der Waals surface area contributed by atoms with E-state index in [0.717, 1.165) is 58.2 Å². The lowest BCUT2D eigenvalue weighted by molar-refractivity contribution is -0.122. The van der Waals surface area contributed by atoms with E-state index < -0.39 is 0 Å².